The molecule has 0 heterocycles. The van der Waals surface area contributed by atoms with E-state index in [0.29, 0.717) is 6.42 Å². The number of carbonyl (C=O) groups is 5. The number of ketones is 2. The third-order valence-electron chi connectivity index (χ3n) is 4.43. The van der Waals surface area contributed by atoms with E-state index in [0.717, 1.165) is 0 Å². The van der Waals surface area contributed by atoms with Crippen molar-refractivity contribution in [3.8, 4) is 0 Å². The summed E-state index contributed by atoms with van der Waals surface area (Å²) in [6.07, 6.45) is 0.0605. The molecule has 0 rings (SSSR count). The van der Waals surface area contributed by atoms with Gasteiger partial charge in [0.2, 0.25) is 5.91 Å². The molecule has 0 radical (unpaired) electrons. The molecule has 0 aromatic carbocycles. The third-order valence-corrected chi connectivity index (χ3v) is 4.87. The normalized spacial score (nSPS) is 13.5. The smallest absolute Gasteiger partial charge is 0.322 e. The molecule has 9 N–H and O–H groups in total. The van der Waals surface area contributed by atoms with E-state index in [1.54, 1.807) is 0 Å². The van der Waals surface area contributed by atoms with Crippen LogP contribution in [0.3, 0.4) is 0 Å². The minimum atomic E-state index is -1.21. The molecule has 0 aliphatic rings. The first-order chi connectivity index (χ1) is 14.5. The van der Waals surface area contributed by atoms with Gasteiger partial charge in [-0.2, -0.15) is 12.6 Å². The molecule has 0 aromatic heterocycles. The molecule has 12 nitrogen and oxygen atoms in total. The van der Waals surface area contributed by atoms with E-state index in [9.17, 15) is 29.1 Å². The molecule has 0 saturated carbocycles. The molecule has 3 atom stereocenters. The topological polar surface area (TPSA) is 228 Å². The second-order valence-corrected chi connectivity index (χ2v) is 7.40. The molecule has 13 heteroatoms. The quantitative estimate of drug-likeness (QED) is 0.0574. The molecule has 0 fully saturated rings. The Labute approximate surface area is 185 Å². The van der Waals surface area contributed by atoms with Crippen LogP contribution < -0.4 is 22.5 Å². The lowest BCUT2D eigenvalue weighted by atomic mass is 9.92. The van der Waals surface area contributed by atoms with E-state index in [2.05, 4.69) is 22.9 Å². The monoisotopic (exact) mass is 461 g/mol. The number of nitrogens with two attached hydrogens (primary N) is 3. The first-order valence-corrected chi connectivity index (χ1v) is 10.3. The van der Waals surface area contributed by atoms with Crippen molar-refractivity contribution < 1.29 is 34.2 Å². The molecule has 176 valence electrons. The predicted octanol–water partition coefficient (Wildman–Crippen LogP) is -1.49. The van der Waals surface area contributed by atoms with Gasteiger partial charge in [0.1, 0.15) is 18.1 Å². The SMILES string of the molecule is NC(N)=NCCC[C@H](CC(=O)[C@@H](N)CCC(=O)C[C@@H](CS)C(=O)NCC(=O)O)C(=O)O. The van der Waals surface area contributed by atoms with Crippen molar-refractivity contribution in [3.05, 3.63) is 0 Å². The zero-order chi connectivity index (χ0) is 24.0. The van der Waals surface area contributed by atoms with Gasteiger partial charge in [0.05, 0.1) is 17.9 Å². The lowest BCUT2D eigenvalue weighted by molar-refractivity contribution is -0.144. The summed E-state index contributed by atoms with van der Waals surface area (Å²) in [4.78, 5) is 61.8. The Morgan fingerprint density at radius 2 is 1.65 bits per heavy atom. The molecular formula is C18H31N5O7S. The summed E-state index contributed by atoms with van der Waals surface area (Å²) in [7, 11) is 0. The minimum absolute atomic E-state index is 0.00798. The zero-order valence-electron chi connectivity index (χ0n) is 17.2. The molecule has 0 bridgehead atoms. The Kier molecular flexibility index (Phi) is 13.9. The van der Waals surface area contributed by atoms with Crippen LogP contribution >= 0.6 is 12.6 Å². The number of aliphatic imine (C=N–C) groups is 1. The Morgan fingerprint density at radius 3 is 2.16 bits per heavy atom. The number of rotatable bonds is 17. The highest BCUT2D eigenvalue weighted by Crippen LogP contribution is 2.16. The number of hydrogen-bond acceptors (Lipinski definition) is 8. The highest BCUT2D eigenvalue weighted by Gasteiger charge is 2.26. The van der Waals surface area contributed by atoms with Crippen molar-refractivity contribution in [2.24, 2.45) is 34.0 Å². The number of nitrogens with zero attached hydrogens (tertiary/aromatic N) is 1. The Bertz CT molecular complexity index is 682. The number of aliphatic carboxylic acids is 2. The Morgan fingerprint density at radius 1 is 1.00 bits per heavy atom. The molecule has 0 unspecified atom stereocenters. The highest BCUT2D eigenvalue weighted by molar-refractivity contribution is 7.80. The van der Waals surface area contributed by atoms with Crippen LogP contribution in [0.1, 0.15) is 38.5 Å². The summed E-state index contributed by atoms with van der Waals surface area (Å²) in [5.41, 5.74) is 16.2. The van der Waals surface area contributed by atoms with Gasteiger partial charge in [-0.25, -0.2) is 0 Å². The van der Waals surface area contributed by atoms with Gasteiger partial charge in [0.25, 0.3) is 0 Å². The van der Waals surface area contributed by atoms with E-state index in [1.807, 2.05) is 0 Å². The van der Waals surface area contributed by atoms with Gasteiger partial charge in [-0.05, 0) is 19.3 Å². The fraction of sp³-hybridized carbons (Fsp3) is 0.667. The molecule has 0 aliphatic carbocycles. The zero-order valence-corrected chi connectivity index (χ0v) is 18.1. The van der Waals surface area contributed by atoms with E-state index in [-0.39, 0.29) is 56.1 Å². The van der Waals surface area contributed by atoms with Crippen LogP contribution in [0.2, 0.25) is 0 Å². The summed E-state index contributed by atoms with van der Waals surface area (Å²) in [6.45, 7) is -0.319. The van der Waals surface area contributed by atoms with Crippen LogP contribution in [0.5, 0.6) is 0 Å². The van der Waals surface area contributed by atoms with Gasteiger partial charge in [-0.1, -0.05) is 0 Å². The van der Waals surface area contributed by atoms with Gasteiger partial charge in [-0.3, -0.25) is 29.0 Å². The number of amides is 1. The van der Waals surface area contributed by atoms with Crippen LogP contribution in [0.25, 0.3) is 0 Å². The van der Waals surface area contributed by atoms with E-state index < -0.39 is 48.1 Å². The lowest BCUT2D eigenvalue weighted by Crippen LogP contribution is -2.37. The number of Topliss-reactive ketones (excluding diaryl/α,β-unsaturated/α-hetero) is 2. The number of guanidine groups is 1. The fourth-order valence-corrected chi connectivity index (χ4v) is 2.95. The molecule has 0 aliphatic heterocycles. The summed E-state index contributed by atoms with van der Waals surface area (Å²) in [5.74, 6) is -5.55. The minimum Gasteiger partial charge on any atom is -0.481 e. The van der Waals surface area contributed by atoms with Gasteiger partial charge in [-0.15, -0.1) is 0 Å². The van der Waals surface area contributed by atoms with Crippen molar-refractivity contribution in [3.63, 3.8) is 0 Å². The van der Waals surface area contributed by atoms with E-state index >= 15 is 0 Å². The number of carboxylic acid groups (broad SMARTS) is 2. The van der Waals surface area contributed by atoms with Crippen LogP contribution in [-0.2, 0) is 24.0 Å². The van der Waals surface area contributed by atoms with Gasteiger partial charge in [0, 0.05) is 31.6 Å². The number of hydrogen-bond donors (Lipinski definition) is 7. The van der Waals surface area contributed by atoms with Crippen molar-refractivity contribution >= 4 is 48.0 Å². The van der Waals surface area contributed by atoms with Crippen LogP contribution in [0, 0.1) is 11.8 Å². The maximum atomic E-state index is 12.2. The Balaban J connectivity index is 4.52. The number of thiol groups is 1. The molecule has 31 heavy (non-hydrogen) atoms. The number of carbonyl (C=O) groups excluding carboxylic acids is 3. The fourth-order valence-electron chi connectivity index (χ4n) is 2.65. The average Bonchev–Trinajstić information content (AvgIpc) is 2.69. The van der Waals surface area contributed by atoms with Crippen LogP contribution in [-0.4, -0.2) is 70.5 Å². The van der Waals surface area contributed by atoms with Crippen LogP contribution in [0.4, 0.5) is 0 Å². The maximum absolute atomic E-state index is 12.2. The first-order valence-electron chi connectivity index (χ1n) is 9.66. The van der Waals surface area contributed by atoms with Gasteiger partial charge >= 0.3 is 11.9 Å². The summed E-state index contributed by atoms with van der Waals surface area (Å²) in [6, 6.07) is -1.02. The number of carboxylic acids is 2. The largest absolute Gasteiger partial charge is 0.481 e. The molecular weight excluding hydrogens is 430 g/mol. The third kappa shape index (κ3) is 13.3. The highest BCUT2D eigenvalue weighted by atomic mass is 32.1. The molecule has 0 spiro atoms. The van der Waals surface area contributed by atoms with Gasteiger partial charge < -0.3 is 32.7 Å². The Hall–Kier alpha value is -2.67. The second-order valence-electron chi connectivity index (χ2n) is 7.03. The standard InChI is InChI=1S/C18H31N5O7S/c19-13(14(25)7-10(17(29)30)2-1-5-22-18(20)21)4-3-12(24)6-11(9-31)16(28)23-8-15(26)27/h10-11,13,31H,1-9,19H2,(H,23,28)(H,26,27)(H,29,30)(H4,20,21,22)/t10-,11+,13+/m1/s1. The molecule has 1 amide bonds. The van der Waals surface area contributed by atoms with E-state index in [4.69, 9.17) is 22.3 Å². The number of nitrogens with one attached hydrogen (secondary N) is 1. The van der Waals surface area contributed by atoms with Crippen molar-refractivity contribution in [2.45, 2.75) is 44.6 Å². The first kappa shape index (κ1) is 28.3. The average molecular weight is 462 g/mol. The van der Waals surface area contributed by atoms with E-state index in [1.165, 1.54) is 0 Å². The van der Waals surface area contributed by atoms with Crippen LogP contribution in [0.15, 0.2) is 4.99 Å². The van der Waals surface area contributed by atoms with Crippen molar-refractivity contribution in [2.75, 3.05) is 18.8 Å². The summed E-state index contributed by atoms with van der Waals surface area (Å²) in [5, 5.41) is 20.0. The lowest BCUT2D eigenvalue weighted by Gasteiger charge is -2.16. The van der Waals surface area contributed by atoms with Crippen molar-refractivity contribution in [1.29, 1.82) is 0 Å². The second kappa shape index (κ2) is 15.2. The van der Waals surface area contributed by atoms with Gasteiger partial charge in [0.15, 0.2) is 5.96 Å². The molecule has 0 aromatic rings. The summed E-state index contributed by atoms with van der Waals surface area (Å²) < 4.78 is 0. The summed E-state index contributed by atoms with van der Waals surface area (Å²) >= 11 is 4.00. The molecule has 0 saturated heterocycles. The maximum Gasteiger partial charge on any atom is 0.322 e. The van der Waals surface area contributed by atoms with Crippen molar-refractivity contribution in [1.82, 2.24) is 5.32 Å². The predicted molar refractivity (Wildman–Crippen MR) is 115 cm³/mol.